The lowest BCUT2D eigenvalue weighted by molar-refractivity contribution is -0.120. The lowest BCUT2D eigenvalue weighted by Crippen LogP contribution is -2.32. The standard InChI is InChI=1S/C13H16F2N2O3S/c1-8-11(6-7-16-8)12(18)17-9-2-4-10(5-3-9)21(19,20)13(14)15/h2-5,8,11,13,16H,6-7H2,1H3,(H,17,18). The molecule has 0 bridgehead atoms. The molecular weight excluding hydrogens is 302 g/mol. The van der Waals surface area contributed by atoms with Gasteiger partial charge in [-0.05, 0) is 44.2 Å². The summed E-state index contributed by atoms with van der Waals surface area (Å²) in [6, 6.07) is 4.81. The van der Waals surface area contributed by atoms with Crippen molar-refractivity contribution in [1.82, 2.24) is 5.32 Å². The first-order valence-electron chi connectivity index (χ1n) is 6.48. The highest BCUT2D eigenvalue weighted by molar-refractivity contribution is 7.91. The Hall–Kier alpha value is -1.54. The number of amides is 1. The Labute approximate surface area is 121 Å². The quantitative estimate of drug-likeness (QED) is 0.884. The fourth-order valence-electron chi connectivity index (χ4n) is 2.28. The maximum absolute atomic E-state index is 12.4. The SMILES string of the molecule is CC1NCCC1C(=O)Nc1ccc(S(=O)(=O)C(F)F)cc1. The number of halogens is 2. The molecule has 1 aliphatic heterocycles. The summed E-state index contributed by atoms with van der Waals surface area (Å²) < 4.78 is 47.3. The van der Waals surface area contributed by atoms with Crippen LogP contribution in [0.4, 0.5) is 14.5 Å². The normalized spacial score (nSPS) is 22.5. The van der Waals surface area contributed by atoms with E-state index >= 15 is 0 Å². The minimum absolute atomic E-state index is 0.0727. The van der Waals surface area contributed by atoms with Gasteiger partial charge in [-0.25, -0.2) is 8.42 Å². The van der Waals surface area contributed by atoms with Crippen LogP contribution in [0.1, 0.15) is 13.3 Å². The van der Waals surface area contributed by atoms with E-state index in [0.29, 0.717) is 5.69 Å². The largest absolute Gasteiger partial charge is 0.341 e. The second kappa shape index (κ2) is 6.07. The van der Waals surface area contributed by atoms with Gasteiger partial charge in [-0.15, -0.1) is 0 Å². The lowest BCUT2D eigenvalue weighted by Gasteiger charge is -2.15. The Bertz CT molecular complexity index is 617. The van der Waals surface area contributed by atoms with Gasteiger partial charge in [0.25, 0.3) is 0 Å². The van der Waals surface area contributed by atoms with Crippen molar-refractivity contribution in [2.75, 3.05) is 11.9 Å². The zero-order chi connectivity index (χ0) is 15.6. The second-order valence-electron chi connectivity index (χ2n) is 4.96. The van der Waals surface area contributed by atoms with Crippen LogP contribution in [-0.2, 0) is 14.6 Å². The molecule has 2 unspecified atom stereocenters. The van der Waals surface area contributed by atoms with Gasteiger partial charge in [0.2, 0.25) is 15.7 Å². The van der Waals surface area contributed by atoms with E-state index < -0.39 is 20.5 Å². The highest BCUT2D eigenvalue weighted by Gasteiger charge is 2.30. The molecule has 0 aromatic heterocycles. The molecule has 0 radical (unpaired) electrons. The first-order chi connectivity index (χ1) is 9.82. The summed E-state index contributed by atoms with van der Waals surface area (Å²) in [6.45, 7) is 2.68. The Morgan fingerprint density at radius 2 is 1.95 bits per heavy atom. The molecule has 2 atom stereocenters. The van der Waals surface area contributed by atoms with Crippen molar-refractivity contribution in [1.29, 1.82) is 0 Å². The van der Waals surface area contributed by atoms with Gasteiger partial charge in [0, 0.05) is 11.7 Å². The van der Waals surface area contributed by atoms with Crippen molar-refractivity contribution in [2.45, 2.75) is 30.0 Å². The summed E-state index contributed by atoms with van der Waals surface area (Å²) in [5.41, 5.74) is 0.382. The Morgan fingerprint density at radius 1 is 1.33 bits per heavy atom. The number of anilines is 1. The molecule has 1 aromatic carbocycles. The van der Waals surface area contributed by atoms with Gasteiger partial charge >= 0.3 is 5.76 Å². The van der Waals surface area contributed by atoms with Crippen LogP contribution >= 0.6 is 0 Å². The molecule has 1 amide bonds. The van der Waals surface area contributed by atoms with Crippen molar-refractivity contribution in [3.63, 3.8) is 0 Å². The van der Waals surface area contributed by atoms with Crippen LogP contribution in [0.5, 0.6) is 0 Å². The molecule has 1 fully saturated rings. The second-order valence-corrected chi connectivity index (χ2v) is 6.88. The van der Waals surface area contributed by atoms with Crippen LogP contribution < -0.4 is 10.6 Å². The fourth-order valence-corrected chi connectivity index (χ4v) is 3.00. The predicted octanol–water partition coefficient (Wildman–Crippen LogP) is 1.62. The van der Waals surface area contributed by atoms with Gasteiger partial charge in [0.15, 0.2) is 0 Å². The summed E-state index contributed by atoms with van der Waals surface area (Å²) in [6.07, 6.45) is 0.727. The molecule has 2 N–H and O–H groups in total. The van der Waals surface area contributed by atoms with E-state index in [2.05, 4.69) is 10.6 Å². The third kappa shape index (κ3) is 3.38. The van der Waals surface area contributed by atoms with E-state index in [-0.39, 0.29) is 17.9 Å². The smallest absolute Gasteiger partial charge is 0.326 e. The zero-order valence-electron chi connectivity index (χ0n) is 11.3. The number of alkyl halides is 2. The summed E-state index contributed by atoms with van der Waals surface area (Å²) >= 11 is 0. The molecule has 2 rings (SSSR count). The van der Waals surface area contributed by atoms with Gasteiger partial charge in [0.05, 0.1) is 10.8 Å². The van der Waals surface area contributed by atoms with E-state index in [1.807, 2.05) is 6.92 Å². The average molecular weight is 318 g/mol. The van der Waals surface area contributed by atoms with Crippen molar-refractivity contribution in [3.8, 4) is 0 Å². The van der Waals surface area contributed by atoms with Crippen LogP contribution in [0.3, 0.4) is 0 Å². The number of carbonyl (C=O) groups is 1. The van der Waals surface area contributed by atoms with E-state index in [9.17, 15) is 22.0 Å². The van der Waals surface area contributed by atoms with Crippen molar-refractivity contribution in [2.24, 2.45) is 5.92 Å². The van der Waals surface area contributed by atoms with E-state index in [0.717, 1.165) is 25.1 Å². The molecule has 0 aliphatic carbocycles. The van der Waals surface area contributed by atoms with E-state index in [1.54, 1.807) is 0 Å². The minimum atomic E-state index is -4.60. The molecule has 1 aliphatic rings. The molecule has 116 valence electrons. The molecule has 21 heavy (non-hydrogen) atoms. The van der Waals surface area contributed by atoms with Crippen LogP contribution in [-0.4, -0.2) is 32.7 Å². The molecule has 8 heteroatoms. The zero-order valence-corrected chi connectivity index (χ0v) is 12.2. The fraction of sp³-hybridized carbons (Fsp3) is 0.462. The third-order valence-corrected chi connectivity index (χ3v) is 4.95. The monoisotopic (exact) mass is 318 g/mol. The molecule has 0 spiro atoms. The number of nitrogens with one attached hydrogen (secondary N) is 2. The number of benzene rings is 1. The van der Waals surface area contributed by atoms with Crippen LogP contribution in [0.15, 0.2) is 29.2 Å². The van der Waals surface area contributed by atoms with Crippen LogP contribution in [0.25, 0.3) is 0 Å². The number of hydrogen-bond donors (Lipinski definition) is 2. The summed E-state index contributed by atoms with van der Waals surface area (Å²) in [5, 5.41) is 5.82. The van der Waals surface area contributed by atoms with Gasteiger partial charge in [-0.3, -0.25) is 4.79 Å². The molecule has 0 saturated carbocycles. The number of rotatable bonds is 4. The summed E-state index contributed by atoms with van der Waals surface area (Å²) in [7, 11) is -4.60. The predicted molar refractivity (Wildman–Crippen MR) is 73.8 cm³/mol. The third-order valence-electron chi connectivity index (χ3n) is 3.55. The average Bonchev–Trinajstić information content (AvgIpc) is 2.85. The van der Waals surface area contributed by atoms with Crippen molar-refractivity contribution in [3.05, 3.63) is 24.3 Å². The molecular formula is C13H16F2N2O3S. The molecule has 1 saturated heterocycles. The van der Waals surface area contributed by atoms with Gasteiger partial charge in [-0.1, -0.05) is 0 Å². The van der Waals surface area contributed by atoms with E-state index in [4.69, 9.17) is 0 Å². The highest BCUT2D eigenvalue weighted by atomic mass is 32.2. The summed E-state index contributed by atoms with van der Waals surface area (Å²) in [4.78, 5) is 11.6. The molecule has 1 heterocycles. The van der Waals surface area contributed by atoms with Crippen molar-refractivity contribution >= 4 is 21.4 Å². The minimum Gasteiger partial charge on any atom is -0.326 e. The number of hydrogen-bond acceptors (Lipinski definition) is 4. The molecule has 1 aromatic rings. The van der Waals surface area contributed by atoms with Gasteiger partial charge in [0.1, 0.15) is 0 Å². The number of sulfone groups is 1. The lowest BCUT2D eigenvalue weighted by atomic mass is 10.0. The van der Waals surface area contributed by atoms with Crippen LogP contribution in [0.2, 0.25) is 0 Å². The van der Waals surface area contributed by atoms with Crippen LogP contribution in [0, 0.1) is 5.92 Å². The Morgan fingerprint density at radius 3 is 2.43 bits per heavy atom. The Balaban J connectivity index is 2.08. The van der Waals surface area contributed by atoms with E-state index in [1.165, 1.54) is 12.1 Å². The molecule has 5 nitrogen and oxygen atoms in total. The van der Waals surface area contributed by atoms with Gasteiger partial charge < -0.3 is 10.6 Å². The first kappa shape index (κ1) is 15.8. The topological polar surface area (TPSA) is 75.3 Å². The maximum Gasteiger partial charge on any atom is 0.341 e. The summed E-state index contributed by atoms with van der Waals surface area (Å²) in [5.74, 6) is -3.78. The van der Waals surface area contributed by atoms with Gasteiger partial charge in [-0.2, -0.15) is 8.78 Å². The first-order valence-corrected chi connectivity index (χ1v) is 8.03. The highest BCUT2D eigenvalue weighted by Crippen LogP contribution is 2.22. The maximum atomic E-state index is 12.4. The van der Waals surface area contributed by atoms with Crippen molar-refractivity contribution < 1.29 is 22.0 Å². The number of carbonyl (C=O) groups excluding carboxylic acids is 1. The Kier molecular flexibility index (Phi) is 4.58.